The Labute approximate surface area is 147 Å². The Kier molecular flexibility index (Phi) is 7.11. The maximum Gasteiger partial charge on any atom is 0.403 e. The summed E-state index contributed by atoms with van der Waals surface area (Å²) in [5.41, 5.74) is 1.23. The van der Waals surface area contributed by atoms with Crippen LogP contribution in [0.25, 0.3) is 0 Å². The van der Waals surface area contributed by atoms with Crippen LogP contribution < -0.4 is 5.32 Å². The summed E-state index contributed by atoms with van der Waals surface area (Å²) in [5, 5.41) is 3.25. The summed E-state index contributed by atoms with van der Waals surface area (Å²) in [6, 6.07) is 8.74. The van der Waals surface area contributed by atoms with Crippen LogP contribution in [0, 0.1) is 0 Å². The molecule has 0 amide bonds. The van der Waals surface area contributed by atoms with E-state index in [-0.39, 0.29) is 0 Å². The molecule has 0 aromatic heterocycles. The van der Waals surface area contributed by atoms with Gasteiger partial charge in [0.25, 0.3) is 0 Å². The van der Waals surface area contributed by atoms with Crippen LogP contribution in [0.1, 0.15) is 19.4 Å². The Bertz CT molecular complexity index is 537. The molecule has 2 rings (SSSR count). The fraction of sp³-hybridized carbons (Fsp3) is 0.611. The van der Waals surface area contributed by atoms with Crippen molar-refractivity contribution >= 4 is 5.96 Å². The van der Waals surface area contributed by atoms with Crippen molar-refractivity contribution in [3.63, 3.8) is 0 Å². The maximum atomic E-state index is 12.8. The summed E-state index contributed by atoms with van der Waals surface area (Å²) in [6.07, 6.45) is -3.32. The van der Waals surface area contributed by atoms with E-state index in [2.05, 4.69) is 22.4 Å². The van der Waals surface area contributed by atoms with Crippen LogP contribution in [0.3, 0.4) is 0 Å². The van der Waals surface area contributed by atoms with Gasteiger partial charge in [0.05, 0.1) is 0 Å². The average molecular weight is 356 g/mol. The van der Waals surface area contributed by atoms with Gasteiger partial charge in [-0.1, -0.05) is 30.3 Å². The number of guanidine groups is 1. The molecule has 1 fully saturated rings. The van der Waals surface area contributed by atoms with Crippen molar-refractivity contribution in [1.29, 1.82) is 0 Å². The van der Waals surface area contributed by atoms with Gasteiger partial charge in [0, 0.05) is 39.3 Å². The molecule has 1 aromatic carbocycles. The van der Waals surface area contributed by atoms with Crippen molar-refractivity contribution in [3.05, 3.63) is 35.9 Å². The third kappa shape index (κ3) is 5.92. The van der Waals surface area contributed by atoms with Crippen LogP contribution in [0.2, 0.25) is 0 Å². The first kappa shape index (κ1) is 19.6. The third-order valence-corrected chi connectivity index (χ3v) is 4.47. The van der Waals surface area contributed by atoms with Gasteiger partial charge in [0.15, 0.2) is 5.96 Å². The lowest BCUT2D eigenvalue weighted by molar-refractivity contribution is -0.181. The first-order valence-electron chi connectivity index (χ1n) is 8.79. The van der Waals surface area contributed by atoms with Crippen LogP contribution >= 0.6 is 0 Å². The molecule has 1 saturated heterocycles. The van der Waals surface area contributed by atoms with Gasteiger partial charge in [-0.15, -0.1) is 0 Å². The number of nitrogens with zero attached hydrogens (tertiary/aromatic N) is 3. The number of hydrogen-bond acceptors (Lipinski definition) is 2. The number of piperazine rings is 1. The number of halogens is 3. The van der Waals surface area contributed by atoms with Crippen LogP contribution in [0.15, 0.2) is 35.3 Å². The molecule has 1 unspecified atom stereocenters. The lowest BCUT2D eigenvalue weighted by Gasteiger charge is -2.39. The Balaban J connectivity index is 1.89. The van der Waals surface area contributed by atoms with E-state index in [1.54, 1.807) is 0 Å². The summed E-state index contributed by atoms with van der Waals surface area (Å²) in [7, 11) is 0. The maximum absolute atomic E-state index is 12.8. The predicted octanol–water partition coefficient (Wildman–Crippen LogP) is 2.76. The smallest absolute Gasteiger partial charge is 0.357 e. The Morgan fingerprint density at radius 1 is 1.16 bits per heavy atom. The fourth-order valence-electron chi connectivity index (χ4n) is 2.89. The van der Waals surface area contributed by atoms with E-state index in [1.165, 1.54) is 17.4 Å². The quantitative estimate of drug-likeness (QED) is 0.650. The average Bonchev–Trinajstić information content (AvgIpc) is 2.61. The first-order chi connectivity index (χ1) is 11.9. The molecular formula is C18H27F3N4. The highest BCUT2D eigenvalue weighted by Crippen LogP contribution is 2.25. The minimum Gasteiger partial charge on any atom is -0.357 e. The predicted molar refractivity (Wildman–Crippen MR) is 94.8 cm³/mol. The number of rotatable bonds is 5. The highest BCUT2D eigenvalue weighted by molar-refractivity contribution is 5.80. The van der Waals surface area contributed by atoms with Gasteiger partial charge >= 0.3 is 6.18 Å². The van der Waals surface area contributed by atoms with E-state index < -0.39 is 12.2 Å². The third-order valence-electron chi connectivity index (χ3n) is 4.47. The number of alkyl halides is 3. The van der Waals surface area contributed by atoms with E-state index >= 15 is 0 Å². The molecule has 1 atom stereocenters. The topological polar surface area (TPSA) is 30.9 Å². The summed E-state index contributed by atoms with van der Waals surface area (Å²) < 4.78 is 38.5. The molecule has 1 N–H and O–H groups in total. The van der Waals surface area contributed by atoms with Gasteiger partial charge in [-0.2, -0.15) is 13.2 Å². The second kappa shape index (κ2) is 9.08. The van der Waals surface area contributed by atoms with Gasteiger partial charge in [0.2, 0.25) is 0 Å². The number of nitrogens with one attached hydrogen (secondary N) is 1. The van der Waals surface area contributed by atoms with E-state index in [4.69, 9.17) is 0 Å². The minimum absolute atomic E-state index is 0.393. The molecule has 1 aromatic rings. The Morgan fingerprint density at radius 3 is 2.36 bits per heavy atom. The summed E-state index contributed by atoms with van der Waals surface area (Å²) in [5.74, 6) is 0.790. The summed E-state index contributed by atoms with van der Waals surface area (Å²) in [6.45, 7) is 6.51. The van der Waals surface area contributed by atoms with Crippen molar-refractivity contribution < 1.29 is 13.2 Å². The molecule has 1 aliphatic rings. The van der Waals surface area contributed by atoms with Crippen molar-refractivity contribution in [2.75, 3.05) is 39.3 Å². The minimum atomic E-state index is -4.17. The summed E-state index contributed by atoms with van der Waals surface area (Å²) >= 11 is 0. The van der Waals surface area contributed by atoms with E-state index in [1.807, 2.05) is 30.0 Å². The Hall–Kier alpha value is -1.76. The van der Waals surface area contributed by atoms with E-state index in [0.29, 0.717) is 32.7 Å². The molecule has 0 aliphatic carbocycles. The van der Waals surface area contributed by atoms with Gasteiger partial charge in [0.1, 0.15) is 6.04 Å². The molecule has 0 saturated carbocycles. The van der Waals surface area contributed by atoms with Crippen molar-refractivity contribution in [2.24, 2.45) is 4.99 Å². The van der Waals surface area contributed by atoms with Gasteiger partial charge in [-0.25, -0.2) is 0 Å². The van der Waals surface area contributed by atoms with E-state index in [0.717, 1.165) is 18.9 Å². The molecule has 0 bridgehead atoms. The summed E-state index contributed by atoms with van der Waals surface area (Å²) in [4.78, 5) is 8.18. The SMILES string of the molecule is CCNC(=NCCc1ccccc1)N1CCN(C(C)C(F)(F)F)CC1. The van der Waals surface area contributed by atoms with Crippen molar-refractivity contribution in [1.82, 2.24) is 15.1 Å². The molecule has 140 valence electrons. The molecule has 0 radical (unpaired) electrons. The van der Waals surface area contributed by atoms with E-state index in [9.17, 15) is 13.2 Å². The molecule has 0 spiro atoms. The van der Waals surface area contributed by atoms with Crippen LogP contribution in [0.4, 0.5) is 13.2 Å². The molecule has 1 heterocycles. The molecule has 1 aliphatic heterocycles. The van der Waals surface area contributed by atoms with Crippen molar-refractivity contribution in [3.8, 4) is 0 Å². The molecular weight excluding hydrogens is 329 g/mol. The van der Waals surface area contributed by atoms with Crippen LogP contribution in [-0.2, 0) is 6.42 Å². The van der Waals surface area contributed by atoms with Gasteiger partial charge in [-0.3, -0.25) is 9.89 Å². The molecule has 4 nitrogen and oxygen atoms in total. The van der Waals surface area contributed by atoms with Crippen molar-refractivity contribution in [2.45, 2.75) is 32.5 Å². The standard InChI is InChI=1S/C18H27F3N4/c1-3-22-17(23-10-9-16-7-5-4-6-8-16)25-13-11-24(12-14-25)15(2)18(19,20)21/h4-8,15H,3,9-14H2,1-2H3,(H,22,23). The largest absolute Gasteiger partial charge is 0.403 e. The zero-order valence-electron chi connectivity index (χ0n) is 14.9. The van der Waals surface area contributed by atoms with Gasteiger partial charge in [-0.05, 0) is 25.8 Å². The molecule has 7 heteroatoms. The molecule has 25 heavy (non-hydrogen) atoms. The fourth-order valence-corrected chi connectivity index (χ4v) is 2.89. The number of hydrogen-bond donors (Lipinski definition) is 1. The highest BCUT2D eigenvalue weighted by Gasteiger charge is 2.41. The van der Waals surface area contributed by atoms with Crippen LogP contribution in [0.5, 0.6) is 0 Å². The monoisotopic (exact) mass is 356 g/mol. The zero-order valence-corrected chi connectivity index (χ0v) is 14.9. The Morgan fingerprint density at radius 2 is 1.80 bits per heavy atom. The lowest BCUT2D eigenvalue weighted by atomic mass is 10.2. The van der Waals surface area contributed by atoms with Gasteiger partial charge < -0.3 is 10.2 Å². The number of benzene rings is 1. The highest BCUT2D eigenvalue weighted by atomic mass is 19.4. The second-order valence-corrected chi connectivity index (χ2v) is 6.21. The van der Waals surface area contributed by atoms with Crippen LogP contribution in [-0.4, -0.2) is 67.2 Å². The second-order valence-electron chi connectivity index (χ2n) is 6.21. The first-order valence-corrected chi connectivity index (χ1v) is 8.79. The number of aliphatic imine (C=N–C) groups is 1. The normalized spacial score (nSPS) is 18.3. The zero-order chi connectivity index (χ0) is 18.3. The lowest BCUT2D eigenvalue weighted by Crippen LogP contribution is -2.56.